The van der Waals surface area contributed by atoms with Crippen LogP contribution in [0.4, 0.5) is 8.78 Å². The lowest BCUT2D eigenvalue weighted by Crippen LogP contribution is -2.41. The van der Waals surface area contributed by atoms with Gasteiger partial charge in [0, 0.05) is 5.41 Å². The van der Waals surface area contributed by atoms with Crippen LogP contribution in [0.2, 0.25) is 0 Å². The fraction of sp³-hybridized carbons (Fsp3) is 0.294. The first kappa shape index (κ1) is 15.6. The van der Waals surface area contributed by atoms with E-state index in [-0.39, 0.29) is 17.7 Å². The molecule has 0 fully saturated rings. The first-order valence-corrected chi connectivity index (χ1v) is 6.84. The molecule has 3 N–H and O–H groups in total. The van der Waals surface area contributed by atoms with E-state index in [9.17, 15) is 8.78 Å². The number of nitrogens with one attached hydrogen (secondary N) is 1. The summed E-state index contributed by atoms with van der Waals surface area (Å²) in [6.45, 7) is 5.91. The predicted octanol–water partition coefficient (Wildman–Crippen LogP) is 3.76. The van der Waals surface area contributed by atoms with Gasteiger partial charge >= 0.3 is 0 Å². The second-order valence-electron chi connectivity index (χ2n) is 5.83. The van der Waals surface area contributed by atoms with E-state index in [1.54, 1.807) is 18.2 Å². The minimum Gasteiger partial charge on any atom is -0.271 e. The van der Waals surface area contributed by atoms with Gasteiger partial charge in [-0.25, -0.2) is 8.78 Å². The Morgan fingerprint density at radius 1 is 1.00 bits per heavy atom. The number of hydrazine groups is 1. The van der Waals surface area contributed by atoms with Crippen molar-refractivity contribution in [3.63, 3.8) is 0 Å². The number of aryl methyl sites for hydroxylation is 1. The molecule has 0 radical (unpaired) electrons. The van der Waals surface area contributed by atoms with Crippen LogP contribution in [0, 0.1) is 18.6 Å². The van der Waals surface area contributed by atoms with Crippen LogP contribution in [-0.4, -0.2) is 0 Å². The third-order valence-electron chi connectivity index (χ3n) is 4.03. The first-order valence-electron chi connectivity index (χ1n) is 6.84. The van der Waals surface area contributed by atoms with Gasteiger partial charge in [0.05, 0.1) is 6.04 Å². The summed E-state index contributed by atoms with van der Waals surface area (Å²) >= 11 is 0. The van der Waals surface area contributed by atoms with Crippen molar-refractivity contribution in [3.8, 4) is 0 Å². The molecule has 0 aliphatic rings. The SMILES string of the molecule is Cc1ccc(F)cc1C(NN)C(C)(C)c1ccc(F)cc1. The second-order valence-corrected chi connectivity index (χ2v) is 5.83. The number of rotatable bonds is 4. The lowest BCUT2D eigenvalue weighted by Gasteiger charge is -2.35. The summed E-state index contributed by atoms with van der Waals surface area (Å²) in [6, 6.07) is 10.7. The molecule has 2 rings (SSSR count). The predicted molar refractivity (Wildman–Crippen MR) is 80.6 cm³/mol. The molecule has 2 nitrogen and oxygen atoms in total. The minimum absolute atomic E-state index is 0.284. The molecule has 112 valence electrons. The lowest BCUT2D eigenvalue weighted by molar-refractivity contribution is 0.350. The van der Waals surface area contributed by atoms with Crippen LogP contribution in [0.5, 0.6) is 0 Å². The van der Waals surface area contributed by atoms with Crippen molar-refractivity contribution in [3.05, 3.63) is 70.8 Å². The molecule has 0 amide bonds. The Labute approximate surface area is 124 Å². The number of nitrogens with two attached hydrogens (primary N) is 1. The van der Waals surface area contributed by atoms with E-state index in [0.29, 0.717) is 0 Å². The molecule has 0 aromatic heterocycles. The molecule has 0 bridgehead atoms. The maximum atomic E-state index is 13.6. The van der Waals surface area contributed by atoms with E-state index in [2.05, 4.69) is 5.43 Å². The Morgan fingerprint density at radius 3 is 2.14 bits per heavy atom. The fourth-order valence-electron chi connectivity index (χ4n) is 2.66. The number of benzene rings is 2. The molecular formula is C17H20F2N2. The third-order valence-corrected chi connectivity index (χ3v) is 4.03. The normalized spacial score (nSPS) is 13.2. The van der Waals surface area contributed by atoms with Crippen LogP contribution in [0.3, 0.4) is 0 Å². The van der Waals surface area contributed by atoms with Crippen molar-refractivity contribution in [2.24, 2.45) is 5.84 Å². The number of halogens is 2. The summed E-state index contributed by atoms with van der Waals surface area (Å²) in [4.78, 5) is 0. The van der Waals surface area contributed by atoms with Gasteiger partial charge in [0.15, 0.2) is 0 Å². The molecule has 1 atom stereocenters. The van der Waals surface area contributed by atoms with E-state index in [4.69, 9.17) is 5.84 Å². The zero-order chi connectivity index (χ0) is 15.6. The van der Waals surface area contributed by atoms with Crippen LogP contribution in [0.15, 0.2) is 42.5 Å². The molecule has 2 aromatic carbocycles. The fourth-order valence-corrected chi connectivity index (χ4v) is 2.66. The van der Waals surface area contributed by atoms with Crippen molar-refractivity contribution >= 4 is 0 Å². The van der Waals surface area contributed by atoms with Gasteiger partial charge in [-0.15, -0.1) is 0 Å². The largest absolute Gasteiger partial charge is 0.271 e. The highest BCUT2D eigenvalue weighted by molar-refractivity contribution is 5.36. The van der Waals surface area contributed by atoms with E-state index >= 15 is 0 Å². The smallest absolute Gasteiger partial charge is 0.123 e. The Bertz CT molecular complexity index is 621. The maximum absolute atomic E-state index is 13.6. The van der Waals surface area contributed by atoms with Gasteiger partial charge in [0.2, 0.25) is 0 Å². The van der Waals surface area contributed by atoms with Crippen molar-refractivity contribution < 1.29 is 8.78 Å². The topological polar surface area (TPSA) is 38.0 Å². The summed E-state index contributed by atoms with van der Waals surface area (Å²) in [5.74, 6) is 5.15. The number of hydrogen-bond acceptors (Lipinski definition) is 2. The minimum atomic E-state index is -0.430. The summed E-state index contributed by atoms with van der Waals surface area (Å²) in [5.41, 5.74) is 5.03. The average Bonchev–Trinajstić information content (AvgIpc) is 2.43. The standard InChI is InChI=1S/C17H20F2N2/c1-11-4-7-14(19)10-15(11)16(21-20)17(2,3)12-5-8-13(18)9-6-12/h4-10,16,21H,20H2,1-3H3. The highest BCUT2D eigenvalue weighted by atomic mass is 19.1. The zero-order valence-electron chi connectivity index (χ0n) is 12.5. The van der Waals surface area contributed by atoms with E-state index in [1.165, 1.54) is 24.3 Å². The van der Waals surface area contributed by atoms with Gasteiger partial charge in [-0.2, -0.15) is 0 Å². The summed E-state index contributed by atoms with van der Waals surface area (Å²) in [5, 5.41) is 0. The molecule has 0 aliphatic heterocycles. The Kier molecular flexibility index (Phi) is 4.40. The van der Waals surface area contributed by atoms with Crippen molar-refractivity contribution in [1.29, 1.82) is 0 Å². The highest BCUT2D eigenvalue weighted by Crippen LogP contribution is 2.37. The van der Waals surface area contributed by atoms with Gasteiger partial charge in [-0.3, -0.25) is 11.3 Å². The summed E-state index contributed by atoms with van der Waals surface area (Å²) in [6.07, 6.45) is 0. The lowest BCUT2D eigenvalue weighted by atomic mass is 9.74. The quantitative estimate of drug-likeness (QED) is 0.664. The van der Waals surface area contributed by atoms with Gasteiger partial charge in [0.1, 0.15) is 11.6 Å². The zero-order valence-corrected chi connectivity index (χ0v) is 12.5. The molecule has 1 unspecified atom stereocenters. The van der Waals surface area contributed by atoms with Crippen LogP contribution in [0.25, 0.3) is 0 Å². The van der Waals surface area contributed by atoms with Gasteiger partial charge in [-0.1, -0.05) is 32.0 Å². The van der Waals surface area contributed by atoms with Gasteiger partial charge in [-0.05, 0) is 47.9 Å². The van der Waals surface area contributed by atoms with Crippen molar-refractivity contribution in [2.45, 2.75) is 32.2 Å². The molecule has 0 saturated carbocycles. The molecule has 21 heavy (non-hydrogen) atoms. The van der Waals surface area contributed by atoms with Crippen molar-refractivity contribution in [1.82, 2.24) is 5.43 Å². The molecular weight excluding hydrogens is 270 g/mol. The first-order chi connectivity index (χ1) is 9.86. The summed E-state index contributed by atoms with van der Waals surface area (Å²) in [7, 11) is 0. The Morgan fingerprint density at radius 2 is 1.57 bits per heavy atom. The maximum Gasteiger partial charge on any atom is 0.123 e. The van der Waals surface area contributed by atoms with Crippen LogP contribution < -0.4 is 11.3 Å². The van der Waals surface area contributed by atoms with Crippen LogP contribution in [0.1, 0.15) is 36.6 Å². The Hall–Kier alpha value is -1.78. The van der Waals surface area contributed by atoms with Crippen LogP contribution >= 0.6 is 0 Å². The Balaban J connectivity index is 2.48. The number of hydrogen-bond donors (Lipinski definition) is 2. The van der Waals surface area contributed by atoms with Gasteiger partial charge < -0.3 is 0 Å². The molecule has 0 spiro atoms. The van der Waals surface area contributed by atoms with E-state index in [1.807, 2.05) is 20.8 Å². The van der Waals surface area contributed by atoms with E-state index < -0.39 is 5.41 Å². The summed E-state index contributed by atoms with van der Waals surface area (Å²) < 4.78 is 26.7. The molecule has 0 saturated heterocycles. The van der Waals surface area contributed by atoms with E-state index in [0.717, 1.165) is 16.7 Å². The molecule has 2 aromatic rings. The highest BCUT2D eigenvalue weighted by Gasteiger charge is 2.33. The average molecular weight is 290 g/mol. The second kappa shape index (κ2) is 5.92. The molecule has 0 aliphatic carbocycles. The van der Waals surface area contributed by atoms with Crippen LogP contribution in [-0.2, 0) is 5.41 Å². The molecule has 4 heteroatoms. The third kappa shape index (κ3) is 3.12. The monoisotopic (exact) mass is 290 g/mol. The van der Waals surface area contributed by atoms with Crippen molar-refractivity contribution in [2.75, 3.05) is 0 Å². The van der Waals surface area contributed by atoms with Gasteiger partial charge in [0.25, 0.3) is 0 Å². The molecule has 0 heterocycles.